The van der Waals surface area contributed by atoms with E-state index in [-0.39, 0.29) is 16.6 Å². The highest BCUT2D eigenvalue weighted by molar-refractivity contribution is 6.74. The molecule has 1 aliphatic rings. The summed E-state index contributed by atoms with van der Waals surface area (Å²) >= 11 is 0. The Morgan fingerprint density at radius 2 is 1.95 bits per heavy atom. The first-order chi connectivity index (χ1) is 9.57. The van der Waals surface area contributed by atoms with E-state index in [9.17, 15) is 5.11 Å². The Balaban J connectivity index is 2.55. The van der Waals surface area contributed by atoms with Gasteiger partial charge in [-0.25, -0.2) is 0 Å². The van der Waals surface area contributed by atoms with Crippen molar-refractivity contribution in [2.75, 3.05) is 6.61 Å². The van der Waals surface area contributed by atoms with Crippen molar-refractivity contribution in [2.45, 2.75) is 84.0 Å². The molecule has 1 N–H and O–H groups in total. The second-order valence-corrected chi connectivity index (χ2v) is 13.2. The summed E-state index contributed by atoms with van der Waals surface area (Å²) in [4.78, 5) is 0. The molecule has 0 radical (unpaired) electrons. The summed E-state index contributed by atoms with van der Waals surface area (Å²) < 4.78 is 6.28. The molecular weight excluding hydrogens is 276 g/mol. The summed E-state index contributed by atoms with van der Waals surface area (Å²) in [5.41, 5.74) is 0.0402. The van der Waals surface area contributed by atoms with Crippen LogP contribution in [0.2, 0.25) is 18.1 Å². The molecule has 0 amide bonds. The van der Waals surface area contributed by atoms with E-state index in [2.05, 4.69) is 47.4 Å². The maximum Gasteiger partial charge on any atom is 0.191 e. The number of aliphatic hydroxyl groups excluding tert-OH is 1. The summed E-state index contributed by atoms with van der Waals surface area (Å²) in [6.45, 7) is 18.5. The molecule has 1 unspecified atom stereocenters. The predicted octanol–water partition coefficient (Wildman–Crippen LogP) is 5.14. The lowest BCUT2D eigenvalue weighted by Gasteiger charge is -2.38. The smallest absolute Gasteiger partial charge is 0.191 e. The van der Waals surface area contributed by atoms with E-state index in [1.807, 2.05) is 6.08 Å². The van der Waals surface area contributed by atoms with Gasteiger partial charge in [-0.2, -0.15) is 0 Å². The molecule has 1 saturated carbocycles. The number of hydrogen-bond acceptors (Lipinski definition) is 2. The maximum absolute atomic E-state index is 10.4. The van der Waals surface area contributed by atoms with Gasteiger partial charge in [-0.3, -0.25) is 0 Å². The monoisotopic (exact) mass is 312 g/mol. The number of hydrogen-bond donors (Lipinski definition) is 1. The Kier molecular flexibility index (Phi) is 6.28. The van der Waals surface area contributed by atoms with Gasteiger partial charge in [0, 0.05) is 12.0 Å². The largest absolute Gasteiger partial charge is 0.417 e. The van der Waals surface area contributed by atoms with Crippen LogP contribution in [0.15, 0.2) is 12.7 Å². The van der Waals surface area contributed by atoms with Gasteiger partial charge in [0.1, 0.15) is 0 Å². The molecule has 0 heterocycles. The molecule has 1 aliphatic carbocycles. The second-order valence-electron chi connectivity index (χ2n) is 8.43. The van der Waals surface area contributed by atoms with Gasteiger partial charge in [-0.05, 0) is 56.2 Å². The quantitative estimate of drug-likeness (QED) is 0.400. The van der Waals surface area contributed by atoms with Crippen LogP contribution in [0, 0.1) is 11.3 Å². The van der Waals surface area contributed by atoms with Gasteiger partial charge in [0.25, 0.3) is 0 Å². The average molecular weight is 313 g/mol. The minimum Gasteiger partial charge on any atom is -0.417 e. The van der Waals surface area contributed by atoms with Crippen LogP contribution in [0.25, 0.3) is 0 Å². The Morgan fingerprint density at radius 3 is 2.38 bits per heavy atom. The Morgan fingerprint density at radius 1 is 1.33 bits per heavy atom. The highest BCUT2D eigenvalue weighted by Gasteiger charge is 2.46. The van der Waals surface area contributed by atoms with Crippen molar-refractivity contribution in [1.82, 2.24) is 0 Å². The number of rotatable bonds is 7. The standard InChI is InChI=1S/C18H36O2Si/c1-8-12-18(15(2)10-11-16(18)19)13-9-14-20-21(6,7)17(3,4)5/h8,15-16,19H,1,9-14H2,2-7H3/t15-,16?,18+/m0/s1. The Labute approximate surface area is 133 Å². The molecule has 3 heteroatoms. The van der Waals surface area contributed by atoms with Crippen molar-refractivity contribution in [2.24, 2.45) is 11.3 Å². The maximum atomic E-state index is 10.4. The molecule has 0 aromatic carbocycles. The van der Waals surface area contributed by atoms with Gasteiger partial charge in [-0.1, -0.05) is 33.8 Å². The van der Waals surface area contributed by atoms with E-state index >= 15 is 0 Å². The number of allylic oxidation sites excluding steroid dienone is 1. The fourth-order valence-corrected chi connectivity index (χ4v) is 4.47. The van der Waals surface area contributed by atoms with Crippen LogP contribution in [0.4, 0.5) is 0 Å². The third-order valence-electron chi connectivity index (χ3n) is 6.10. The zero-order valence-electron chi connectivity index (χ0n) is 15.0. The van der Waals surface area contributed by atoms with Crippen LogP contribution >= 0.6 is 0 Å². The molecule has 2 nitrogen and oxygen atoms in total. The molecule has 0 saturated heterocycles. The predicted molar refractivity (Wildman–Crippen MR) is 94.0 cm³/mol. The third-order valence-corrected chi connectivity index (χ3v) is 10.6. The molecule has 0 bridgehead atoms. The van der Waals surface area contributed by atoms with E-state index in [0.717, 1.165) is 38.7 Å². The van der Waals surface area contributed by atoms with Crippen molar-refractivity contribution < 1.29 is 9.53 Å². The van der Waals surface area contributed by atoms with Crippen molar-refractivity contribution in [3.05, 3.63) is 12.7 Å². The Hall–Kier alpha value is -0.123. The van der Waals surface area contributed by atoms with Gasteiger partial charge in [0.2, 0.25) is 0 Å². The number of aliphatic hydroxyl groups is 1. The van der Waals surface area contributed by atoms with Crippen LogP contribution in [0.3, 0.4) is 0 Å². The molecule has 21 heavy (non-hydrogen) atoms. The average Bonchev–Trinajstić information content (AvgIpc) is 2.62. The van der Waals surface area contributed by atoms with Crippen molar-refractivity contribution in [1.29, 1.82) is 0 Å². The van der Waals surface area contributed by atoms with Crippen molar-refractivity contribution in [3.8, 4) is 0 Å². The first kappa shape index (κ1) is 18.9. The summed E-state index contributed by atoms with van der Waals surface area (Å²) in [5, 5.41) is 10.7. The highest BCUT2D eigenvalue weighted by Crippen LogP contribution is 2.49. The van der Waals surface area contributed by atoms with E-state index in [1.54, 1.807) is 0 Å². The van der Waals surface area contributed by atoms with E-state index in [4.69, 9.17) is 4.43 Å². The summed E-state index contributed by atoms with van der Waals surface area (Å²) in [5.74, 6) is 0.582. The van der Waals surface area contributed by atoms with Crippen LogP contribution in [-0.2, 0) is 4.43 Å². The topological polar surface area (TPSA) is 29.5 Å². The van der Waals surface area contributed by atoms with Gasteiger partial charge in [0.05, 0.1) is 6.10 Å². The fraction of sp³-hybridized carbons (Fsp3) is 0.889. The summed E-state index contributed by atoms with van der Waals surface area (Å²) in [7, 11) is -1.64. The lowest BCUT2D eigenvalue weighted by Crippen LogP contribution is -2.41. The molecule has 0 aliphatic heterocycles. The van der Waals surface area contributed by atoms with Gasteiger partial charge in [-0.15, -0.1) is 6.58 Å². The zero-order chi connectivity index (χ0) is 16.3. The molecule has 0 aromatic heterocycles. The zero-order valence-corrected chi connectivity index (χ0v) is 16.0. The minimum absolute atomic E-state index is 0.0402. The first-order valence-electron chi connectivity index (χ1n) is 8.50. The minimum atomic E-state index is -1.64. The fourth-order valence-electron chi connectivity index (χ4n) is 3.38. The third kappa shape index (κ3) is 4.20. The highest BCUT2D eigenvalue weighted by atomic mass is 28.4. The van der Waals surface area contributed by atoms with Crippen molar-refractivity contribution in [3.63, 3.8) is 0 Å². The molecule has 0 aromatic rings. The lowest BCUT2D eigenvalue weighted by atomic mass is 9.71. The van der Waals surface area contributed by atoms with Crippen molar-refractivity contribution >= 4 is 8.32 Å². The normalized spacial score (nSPS) is 30.6. The first-order valence-corrected chi connectivity index (χ1v) is 11.4. The second kappa shape index (κ2) is 6.97. The molecule has 124 valence electrons. The summed E-state index contributed by atoms with van der Waals surface area (Å²) in [6, 6.07) is 0. The SMILES string of the molecule is C=CC[C@]1(CCCO[Si](C)(C)C(C)(C)C)C(O)CC[C@@H]1C. The molecule has 1 fully saturated rings. The van der Waals surface area contributed by atoms with Gasteiger partial charge < -0.3 is 9.53 Å². The van der Waals surface area contributed by atoms with E-state index in [0.29, 0.717) is 5.92 Å². The van der Waals surface area contributed by atoms with E-state index < -0.39 is 8.32 Å². The lowest BCUT2D eigenvalue weighted by molar-refractivity contribution is 0.0192. The van der Waals surface area contributed by atoms with Crippen LogP contribution in [0.5, 0.6) is 0 Å². The molecule has 0 spiro atoms. The van der Waals surface area contributed by atoms with Crippen LogP contribution < -0.4 is 0 Å². The Bertz CT molecular complexity index is 334. The molecular formula is C18H36O2Si. The van der Waals surface area contributed by atoms with Crippen LogP contribution in [0.1, 0.15) is 59.8 Å². The molecule has 1 rings (SSSR count). The molecule has 3 atom stereocenters. The van der Waals surface area contributed by atoms with Crippen LogP contribution in [-0.4, -0.2) is 26.1 Å². The van der Waals surface area contributed by atoms with E-state index in [1.165, 1.54) is 0 Å². The summed E-state index contributed by atoms with van der Waals surface area (Å²) in [6.07, 6.45) is 6.92. The van der Waals surface area contributed by atoms with Gasteiger partial charge in [0.15, 0.2) is 8.32 Å². The van der Waals surface area contributed by atoms with Gasteiger partial charge >= 0.3 is 0 Å².